The molecule has 1 unspecified atom stereocenters. The normalized spacial score (nSPS) is 16.7. The van der Waals surface area contributed by atoms with E-state index in [1.165, 1.54) is 0 Å². The van der Waals surface area contributed by atoms with Crippen molar-refractivity contribution in [2.24, 2.45) is 0 Å². The van der Waals surface area contributed by atoms with Gasteiger partial charge in [-0.1, -0.05) is 0 Å². The van der Waals surface area contributed by atoms with Crippen molar-refractivity contribution in [3.8, 4) is 11.1 Å². The largest absolute Gasteiger partial charge is 0.347 e. The van der Waals surface area contributed by atoms with Crippen molar-refractivity contribution >= 4 is 23.2 Å². The molecule has 0 spiro atoms. The molecule has 1 amide bonds. The van der Waals surface area contributed by atoms with E-state index in [1.807, 2.05) is 60.6 Å². The number of anilines is 1. The third kappa shape index (κ3) is 4.00. The summed E-state index contributed by atoms with van der Waals surface area (Å²) in [7, 11) is 3.87. The first-order valence-corrected chi connectivity index (χ1v) is 10.7. The first-order valence-electron chi connectivity index (χ1n) is 9.85. The molecule has 1 saturated heterocycles. The van der Waals surface area contributed by atoms with E-state index in [9.17, 15) is 4.79 Å². The van der Waals surface area contributed by atoms with Crippen molar-refractivity contribution in [3.05, 3.63) is 58.3 Å². The molecule has 1 atom stereocenters. The van der Waals surface area contributed by atoms with Crippen molar-refractivity contribution in [1.82, 2.24) is 19.9 Å². The van der Waals surface area contributed by atoms with Gasteiger partial charge in [0.1, 0.15) is 0 Å². The molecule has 4 heterocycles. The van der Waals surface area contributed by atoms with Gasteiger partial charge in [0, 0.05) is 55.1 Å². The lowest BCUT2D eigenvalue weighted by atomic mass is 9.93. The van der Waals surface area contributed by atoms with Gasteiger partial charge in [-0.2, -0.15) is 0 Å². The molecular formula is C22H25N5OS. The number of aryl methyl sites for hydroxylation is 1. The van der Waals surface area contributed by atoms with Gasteiger partial charge in [0.05, 0.1) is 17.3 Å². The average molecular weight is 408 g/mol. The van der Waals surface area contributed by atoms with Gasteiger partial charge >= 0.3 is 0 Å². The van der Waals surface area contributed by atoms with Crippen molar-refractivity contribution < 1.29 is 4.79 Å². The fourth-order valence-electron chi connectivity index (χ4n) is 3.79. The number of amides is 1. The number of carbonyl (C=O) groups excluding carboxylic acids is 1. The van der Waals surface area contributed by atoms with Crippen LogP contribution in [0.15, 0.2) is 42.2 Å². The van der Waals surface area contributed by atoms with Crippen molar-refractivity contribution in [1.29, 1.82) is 0 Å². The Morgan fingerprint density at radius 1 is 1.24 bits per heavy atom. The number of carbonyl (C=O) groups is 1. The minimum Gasteiger partial charge on any atom is -0.347 e. The Balaban J connectivity index is 1.79. The molecule has 1 aliphatic heterocycles. The Bertz CT molecular complexity index is 1000. The number of nitrogens with zero attached hydrogens (tertiary/aromatic N) is 5. The molecule has 3 aromatic heterocycles. The molecule has 150 valence electrons. The van der Waals surface area contributed by atoms with E-state index in [4.69, 9.17) is 4.98 Å². The van der Waals surface area contributed by atoms with Crippen LogP contribution in [0, 0.1) is 6.92 Å². The van der Waals surface area contributed by atoms with Gasteiger partial charge in [-0.15, -0.1) is 11.3 Å². The summed E-state index contributed by atoms with van der Waals surface area (Å²) in [5.74, 6) is 0.743. The number of pyridine rings is 1. The van der Waals surface area contributed by atoms with Crippen LogP contribution in [0.5, 0.6) is 0 Å². The van der Waals surface area contributed by atoms with Gasteiger partial charge in [0.15, 0.2) is 0 Å². The zero-order chi connectivity index (χ0) is 20.4. The first-order chi connectivity index (χ1) is 14.0. The molecule has 1 aliphatic rings. The summed E-state index contributed by atoms with van der Waals surface area (Å²) in [6.07, 6.45) is 8.42. The molecule has 0 radical (unpaired) electrons. The molecule has 29 heavy (non-hydrogen) atoms. The molecular weight excluding hydrogens is 382 g/mol. The highest BCUT2D eigenvalue weighted by Gasteiger charge is 2.32. The van der Waals surface area contributed by atoms with Crippen molar-refractivity contribution in [2.45, 2.75) is 32.2 Å². The van der Waals surface area contributed by atoms with Crippen molar-refractivity contribution in [3.63, 3.8) is 0 Å². The Hall–Kier alpha value is -2.80. The molecule has 3 aromatic rings. The highest BCUT2D eigenvalue weighted by Crippen LogP contribution is 2.37. The van der Waals surface area contributed by atoms with E-state index in [-0.39, 0.29) is 11.9 Å². The fourth-order valence-corrected chi connectivity index (χ4v) is 4.47. The number of likely N-dealkylation sites (tertiary alicyclic amines) is 1. The third-order valence-corrected chi connectivity index (χ3v) is 6.12. The standard InChI is InChI=1S/C22H25N5OS/c1-15-12-17(14-29-15)21(28)27-11-5-4-6-19(27)20-18(16-7-9-23-10-8-16)13-24-22(25-20)26(2)3/h7-10,12-14,19H,4-6,11H2,1-3H3. The minimum absolute atomic E-state index is 0.0682. The molecule has 0 aromatic carbocycles. The van der Waals surface area contributed by atoms with Crippen LogP contribution < -0.4 is 4.90 Å². The van der Waals surface area contributed by atoms with Crippen molar-refractivity contribution in [2.75, 3.05) is 25.5 Å². The van der Waals surface area contributed by atoms with Crippen LogP contribution in [0.2, 0.25) is 0 Å². The third-order valence-electron chi connectivity index (χ3n) is 5.25. The average Bonchev–Trinajstić information content (AvgIpc) is 3.19. The summed E-state index contributed by atoms with van der Waals surface area (Å²) in [5, 5.41) is 1.96. The van der Waals surface area contributed by atoms with E-state index in [0.717, 1.165) is 53.1 Å². The van der Waals surface area contributed by atoms with Crippen LogP contribution in [-0.2, 0) is 0 Å². The van der Waals surface area contributed by atoms with Crippen LogP contribution in [0.4, 0.5) is 5.95 Å². The molecule has 0 saturated carbocycles. The van der Waals surface area contributed by atoms with E-state index in [2.05, 4.69) is 9.97 Å². The second kappa shape index (κ2) is 8.29. The maximum Gasteiger partial charge on any atom is 0.255 e. The topological polar surface area (TPSA) is 62.2 Å². The summed E-state index contributed by atoms with van der Waals surface area (Å²) in [6, 6.07) is 5.85. The molecule has 4 rings (SSSR count). The molecule has 6 nitrogen and oxygen atoms in total. The predicted octanol–water partition coefficient (Wildman–Crippen LogP) is 4.34. The van der Waals surface area contributed by atoms with Gasteiger partial charge in [-0.05, 0) is 49.9 Å². The Morgan fingerprint density at radius 3 is 2.72 bits per heavy atom. The Morgan fingerprint density at radius 2 is 2.03 bits per heavy atom. The molecule has 0 bridgehead atoms. The second-order valence-electron chi connectivity index (χ2n) is 7.56. The Labute approximate surface area is 175 Å². The van der Waals surface area contributed by atoms with E-state index in [1.54, 1.807) is 23.7 Å². The maximum atomic E-state index is 13.3. The number of rotatable bonds is 4. The van der Waals surface area contributed by atoms with Crippen LogP contribution in [-0.4, -0.2) is 46.4 Å². The smallest absolute Gasteiger partial charge is 0.255 e. The summed E-state index contributed by atoms with van der Waals surface area (Å²) < 4.78 is 0. The number of aromatic nitrogens is 3. The maximum absolute atomic E-state index is 13.3. The summed E-state index contributed by atoms with van der Waals surface area (Å²) in [5.41, 5.74) is 3.66. The second-order valence-corrected chi connectivity index (χ2v) is 8.67. The summed E-state index contributed by atoms with van der Waals surface area (Å²) >= 11 is 1.61. The van der Waals surface area contributed by atoms with E-state index in [0.29, 0.717) is 5.95 Å². The fraction of sp³-hybridized carbons (Fsp3) is 0.364. The lowest BCUT2D eigenvalue weighted by Crippen LogP contribution is -2.39. The van der Waals surface area contributed by atoms with Gasteiger partial charge in [0.2, 0.25) is 5.95 Å². The number of piperidine rings is 1. The molecule has 0 aliphatic carbocycles. The van der Waals surface area contributed by atoms with Crippen LogP contribution in [0.25, 0.3) is 11.1 Å². The number of hydrogen-bond acceptors (Lipinski definition) is 6. The highest BCUT2D eigenvalue weighted by atomic mass is 32.1. The zero-order valence-electron chi connectivity index (χ0n) is 17.0. The number of thiophene rings is 1. The monoisotopic (exact) mass is 407 g/mol. The zero-order valence-corrected chi connectivity index (χ0v) is 17.8. The minimum atomic E-state index is -0.0682. The van der Waals surface area contributed by atoms with Gasteiger partial charge in [-0.25, -0.2) is 9.97 Å². The summed E-state index contributed by atoms with van der Waals surface area (Å²) in [6.45, 7) is 2.78. The first kappa shape index (κ1) is 19.5. The Kier molecular flexibility index (Phi) is 5.58. The predicted molar refractivity (Wildman–Crippen MR) is 116 cm³/mol. The van der Waals surface area contributed by atoms with E-state index < -0.39 is 0 Å². The van der Waals surface area contributed by atoms with Crippen LogP contribution >= 0.6 is 11.3 Å². The van der Waals surface area contributed by atoms with Gasteiger partial charge in [-0.3, -0.25) is 9.78 Å². The number of hydrogen-bond donors (Lipinski definition) is 0. The summed E-state index contributed by atoms with van der Waals surface area (Å²) in [4.78, 5) is 32.0. The van der Waals surface area contributed by atoms with Crippen LogP contribution in [0.3, 0.4) is 0 Å². The molecule has 0 N–H and O–H groups in total. The highest BCUT2D eigenvalue weighted by molar-refractivity contribution is 7.10. The SMILES string of the molecule is Cc1cc(C(=O)N2CCCCC2c2nc(N(C)C)ncc2-c2ccncc2)cs1. The van der Waals surface area contributed by atoms with Gasteiger partial charge in [0.25, 0.3) is 5.91 Å². The van der Waals surface area contributed by atoms with Crippen LogP contribution in [0.1, 0.15) is 46.2 Å². The molecule has 1 fully saturated rings. The van der Waals surface area contributed by atoms with Gasteiger partial charge < -0.3 is 9.80 Å². The molecule has 7 heteroatoms. The quantitative estimate of drug-likeness (QED) is 0.644. The lowest BCUT2D eigenvalue weighted by Gasteiger charge is -2.36. The van der Waals surface area contributed by atoms with E-state index >= 15 is 0 Å². The lowest BCUT2D eigenvalue weighted by molar-refractivity contribution is 0.0607.